The van der Waals surface area contributed by atoms with E-state index in [1.165, 1.54) is 0 Å². The second-order valence-corrected chi connectivity index (χ2v) is 10.9. The zero-order valence-corrected chi connectivity index (χ0v) is 23.6. The van der Waals surface area contributed by atoms with Crippen LogP contribution in [-0.4, -0.2) is 30.8 Å². The monoisotopic (exact) mass is 560 g/mol. The van der Waals surface area contributed by atoms with Crippen LogP contribution in [0.15, 0.2) is 83.5 Å². The highest BCUT2D eigenvalue weighted by Crippen LogP contribution is 2.46. The van der Waals surface area contributed by atoms with Gasteiger partial charge in [0.2, 0.25) is 0 Å². The van der Waals surface area contributed by atoms with Crippen LogP contribution in [0.3, 0.4) is 0 Å². The molecule has 1 amide bonds. The number of hydrogen-bond donors (Lipinski definition) is 0. The molecule has 1 saturated carbocycles. The van der Waals surface area contributed by atoms with E-state index in [1.807, 2.05) is 66.7 Å². The number of rotatable bonds is 6. The van der Waals surface area contributed by atoms with Crippen molar-refractivity contribution >= 4 is 47.0 Å². The molecule has 0 radical (unpaired) electrons. The number of halogens is 2. The summed E-state index contributed by atoms with van der Waals surface area (Å²) in [6.07, 6.45) is 7.35. The molecule has 3 atom stereocenters. The van der Waals surface area contributed by atoms with Gasteiger partial charge >= 0.3 is 0 Å². The van der Waals surface area contributed by atoms with Gasteiger partial charge in [-0.25, -0.2) is 5.01 Å². The average molecular weight is 562 g/mol. The van der Waals surface area contributed by atoms with Crippen LogP contribution in [0, 0.1) is 11.8 Å². The number of methoxy groups -OCH3 is 2. The number of nitrogens with zero attached hydrogens (tertiary/aromatic N) is 2. The summed E-state index contributed by atoms with van der Waals surface area (Å²) >= 11 is 12.3. The first-order chi connectivity index (χ1) is 18.9. The summed E-state index contributed by atoms with van der Waals surface area (Å²) in [7, 11) is 3.18. The van der Waals surface area contributed by atoms with Crippen molar-refractivity contribution in [3.8, 4) is 11.5 Å². The van der Waals surface area contributed by atoms with E-state index in [2.05, 4.69) is 13.0 Å². The van der Waals surface area contributed by atoms with Crippen LogP contribution >= 0.6 is 23.2 Å². The zero-order valence-electron chi connectivity index (χ0n) is 22.1. The van der Waals surface area contributed by atoms with E-state index in [-0.39, 0.29) is 17.9 Å². The molecule has 1 aliphatic carbocycles. The lowest BCUT2D eigenvalue weighted by Gasteiger charge is -2.32. The van der Waals surface area contributed by atoms with Crippen molar-refractivity contribution in [1.82, 2.24) is 5.01 Å². The van der Waals surface area contributed by atoms with Crippen molar-refractivity contribution in [2.24, 2.45) is 16.9 Å². The quantitative estimate of drug-likeness (QED) is 0.286. The van der Waals surface area contributed by atoms with E-state index < -0.39 is 0 Å². The van der Waals surface area contributed by atoms with Crippen molar-refractivity contribution < 1.29 is 14.3 Å². The van der Waals surface area contributed by atoms with Crippen LogP contribution in [0.4, 0.5) is 0 Å². The smallest absolute Gasteiger partial charge is 0.267 e. The lowest BCUT2D eigenvalue weighted by Crippen LogP contribution is -2.32. The summed E-state index contributed by atoms with van der Waals surface area (Å²) in [5.74, 6) is 1.56. The Hall–Kier alpha value is -3.54. The third-order valence-corrected chi connectivity index (χ3v) is 7.74. The highest BCUT2D eigenvalue weighted by atomic mass is 35.5. The Morgan fingerprint density at radius 3 is 2.23 bits per heavy atom. The molecule has 200 valence electrons. The molecule has 7 heteroatoms. The van der Waals surface area contributed by atoms with Gasteiger partial charge in [0.05, 0.1) is 26.0 Å². The number of hydrazone groups is 1. The van der Waals surface area contributed by atoms with Gasteiger partial charge in [0, 0.05) is 22.0 Å². The van der Waals surface area contributed by atoms with Gasteiger partial charge in [-0.2, -0.15) is 5.10 Å². The fraction of sp³-hybridized carbons (Fsp3) is 0.250. The van der Waals surface area contributed by atoms with E-state index in [9.17, 15) is 4.79 Å². The number of ether oxygens (including phenoxy) is 2. The maximum absolute atomic E-state index is 13.7. The lowest BCUT2D eigenvalue weighted by atomic mass is 9.73. The third kappa shape index (κ3) is 5.90. The fourth-order valence-electron chi connectivity index (χ4n) is 5.43. The summed E-state index contributed by atoms with van der Waals surface area (Å²) < 4.78 is 10.7. The molecule has 0 N–H and O–H groups in total. The van der Waals surface area contributed by atoms with Gasteiger partial charge in [-0.05, 0) is 89.6 Å². The normalized spacial score (nSPS) is 21.7. The van der Waals surface area contributed by atoms with E-state index in [4.69, 9.17) is 37.8 Å². The minimum atomic E-state index is -0.226. The number of amides is 1. The van der Waals surface area contributed by atoms with Crippen LogP contribution in [0.2, 0.25) is 10.0 Å². The molecule has 0 unspecified atom stereocenters. The van der Waals surface area contributed by atoms with Gasteiger partial charge in [-0.3, -0.25) is 4.79 Å². The minimum Gasteiger partial charge on any atom is -0.493 e. The second kappa shape index (κ2) is 11.7. The molecule has 2 aliphatic rings. The Morgan fingerprint density at radius 2 is 1.56 bits per heavy atom. The van der Waals surface area contributed by atoms with Crippen LogP contribution in [-0.2, 0) is 4.79 Å². The van der Waals surface area contributed by atoms with Crippen LogP contribution in [0.25, 0.3) is 12.2 Å². The van der Waals surface area contributed by atoms with Crippen LogP contribution in [0.1, 0.15) is 42.5 Å². The SMILES string of the molecule is COc1ccc(/C=C\C(=O)N2N=C3/C(=C\c4ccc(Cl)cc4)C[C@H](C)C[C@@H]3[C@H]2c2ccc(Cl)cc2)cc1OC. The highest BCUT2D eigenvalue weighted by molar-refractivity contribution is 6.30. The first kappa shape index (κ1) is 27.0. The van der Waals surface area contributed by atoms with Crippen molar-refractivity contribution in [3.63, 3.8) is 0 Å². The van der Waals surface area contributed by atoms with E-state index in [1.54, 1.807) is 31.4 Å². The molecule has 0 aromatic heterocycles. The van der Waals surface area contributed by atoms with E-state index >= 15 is 0 Å². The predicted molar refractivity (Wildman–Crippen MR) is 158 cm³/mol. The summed E-state index contributed by atoms with van der Waals surface area (Å²) in [6.45, 7) is 2.26. The predicted octanol–water partition coefficient (Wildman–Crippen LogP) is 8.09. The number of benzene rings is 3. The zero-order chi connectivity index (χ0) is 27.5. The van der Waals surface area contributed by atoms with Gasteiger partial charge in [-0.15, -0.1) is 0 Å². The molecule has 3 aromatic rings. The summed E-state index contributed by atoms with van der Waals surface area (Å²) in [5, 5.41) is 7.96. The minimum absolute atomic E-state index is 0.0758. The Labute approximate surface area is 239 Å². The summed E-state index contributed by atoms with van der Waals surface area (Å²) in [4.78, 5) is 13.7. The van der Waals surface area contributed by atoms with Gasteiger partial charge in [0.15, 0.2) is 11.5 Å². The van der Waals surface area contributed by atoms with E-state index in [0.717, 1.165) is 40.8 Å². The maximum Gasteiger partial charge on any atom is 0.267 e. The van der Waals surface area contributed by atoms with Gasteiger partial charge in [-0.1, -0.05) is 60.5 Å². The maximum atomic E-state index is 13.7. The number of carbonyl (C=O) groups excluding carboxylic acids is 1. The van der Waals surface area contributed by atoms with Crippen molar-refractivity contribution in [3.05, 3.63) is 105 Å². The average Bonchev–Trinajstić information content (AvgIpc) is 3.32. The Bertz CT molecular complexity index is 1450. The van der Waals surface area contributed by atoms with Crippen LogP contribution < -0.4 is 9.47 Å². The molecular weight excluding hydrogens is 531 g/mol. The van der Waals surface area contributed by atoms with Crippen molar-refractivity contribution in [1.29, 1.82) is 0 Å². The van der Waals surface area contributed by atoms with Crippen LogP contribution in [0.5, 0.6) is 11.5 Å². The number of allylic oxidation sites excluding steroid dienone is 1. The Balaban J connectivity index is 1.51. The molecule has 1 heterocycles. The topological polar surface area (TPSA) is 51.1 Å². The molecule has 1 aliphatic heterocycles. The highest BCUT2D eigenvalue weighted by Gasteiger charge is 2.44. The summed E-state index contributed by atoms with van der Waals surface area (Å²) in [5.41, 5.74) is 5.02. The molecule has 5 nitrogen and oxygen atoms in total. The molecule has 3 aromatic carbocycles. The standard InChI is InChI=1S/C32H30Cl2N2O3/c1-20-16-24(18-21-4-10-25(33)11-5-21)31-27(17-20)32(23-8-12-26(34)13-9-23)36(35-31)30(37)15-7-22-6-14-28(38-2)29(19-22)39-3/h4-15,18-20,27,32H,16-17H2,1-3H3/b15-7-,24-18-/t20-,27-,32+/m0/s1. The van der Waals surface area contributed by atoms with Crippen molar-refractivity contribution in [2.75, 3.05) is 14.2 Å². The molecule has 1 fully saturated rings. The van der Waals surface area contributed by atoms with Gasteiger partial charge < -0.3 is 9.47 Å². The first-order valence-corrected chi connectivity index (χ1v) is 13.7. The number of carbonyl (C=O) groups is 1. The Morgan fingerprint density at radius 1 is 0.923 bits per heavy atom. The second-order valence-electron chi connectivity index (χ2n) is 9.98. The lowest BCUT2D eigenvalue weighted by molar-refractivity contribution is -0.128. The molecule has 0 bridgehead atoms. The van der Waals surface area contributed by atoms with Gasteiger partial charge in [0.1, 0.15) is 0 Å². The summed E-state index contributed by atoms with van der Waals surface area (Å²) in [6, 6.07) is 20.8. The molecule has 5 rings (SSSR count). The largest absolute Gasteiger partial charge is 0.493 e. The number of hydrogen-bond acceptors (Lipinski definition) is 4. The Kier molecular flexibility index (Phi) is 8.10. The first-order valence-electron chi connectivity index (χ1n) is 12.9. The molecule has 39 heavy (non-hydrogen) atoms. The van der Waals surface area contributed by atoms with Gasteiger partial charge in [0.25, 0.3) is 5.91 Å². The molecule has 0 spiro atoms. The number of fused-ring (bicyclic) bond motifs is 1. The molecule has 0 saturated heterocycles. The third-order valence-electron chi connectivity index (χ3n) is 7.24. The van der Waals surface area contributed by atoms with E-state index in [0.29, 0.717) is 27.5 Å². The fourth-order valence-corrected chi connectivity index (χ4v) is 5.68. The van der Waals surface area contributed by atoms with Crippen molar-refractivity contribution in [2.45, 2.75) is 25.8 Å². The molecular formula is C32H30Cl2N2O3.